The molecule has 0 heterocycles. The number of rotatable bonds is 8. The van der Waals surface area contributed by atoms with E-state index in [2.05, 4.69) is 52.5 Å². The molecule has 1 aliphatic carbocycles. The molecular formula is C22H27NO3. The number of carbonyl (C=O) groups is 1. The summed E-state index contributed by atoms with van der Waals surface area (Å²) in [5.41, 5.74) is 4.66. The standard InChI is InChI=1S/C22H27NO3/c1-15-11-17(12-16(2)22(15)26-14-20(24)25-3)13-23-21(19-9-10-19)18-7-5-4-6-8-18/h4-8,11-12,19,21,23H,9-10,13-14H2,1-3H3. The Morgan fingerprint density at radius 2 is 1.81 bits per heavy atom. The van der Waals surface area contributed by atoms with Gasteiger partial charge >= 0.3 is 5.97 Å². The Morgan fingerprint density at radius 1 is 1.15 bits per heavy atom. The van der Waals surface area contributed by atoms with Gasteiger partial charge in [-0.15, -0.1) is 0 Å². The van der Waals surface area contributed by atoms with Crippen LogP contribution >= 0.6 is 0 Å². The van der Waals surface area contributed by atoms with Gasteiger partial charge in [-0.05, 0) is 54.9 Å². The molecule has 0 radical (unpaired) electrons. The van der Waals surface area contributed by atoms with Crippen LogP contribution in [0.5, 0.6) is 5.75 Å². The first-order valence-corrected chi connectivity index (χ1v) is 9.16. The summed E-state index contributed by atoms with van der Waals surface area (Å²) >= 11 is 0. The van der Waals surface area contributed by atoms with E-state index in [1.165, 1.54) is 31.1 Å². The van der Waals surface area contributed by atoms with Crippen molar-refractivity contribution in [2.75, 3.05) is 13.7 Å². The van der Waals surface area contributed by atoms with Gasteiger partial charge in [-0.3, -0.25) is 0 Å². The van der Waals surface area contributed by atoms with Gasteiger partial charge in [0.15, 0.2) is 6.61 Å². The average Bonchev–Trinajstić information content (AvgIpc) is 3.47. The molecular weight excluding hydrogens is 326 g/mol. The number of aryl methyl sites for hydroxylation is 2. The molecule has 2 aromatic rings. The molecule has 1 fully saturated rings. The fourth-order valence-corrected chi connectivity index (χ4v) is 3.43. The van der Waals surface area contributed by atoms with Crippen molar-refractivity contribution >= 4 is 5.97 Å². The number of esters is 1. The molecule has 2 aromatic carbocycles. The van der Waals surface area contributed by atoms with E-state index in [-0.39, 0.29) is 12.6 Å². The molecule has 1 aliphatic rings. The van der Waals surface area contributed by atoms with Gasteiger partial charge in [0, 0.05) is 12.6 Å². The molecule has 0 aromatic heterocycles. The third-order valence-electron chi connectivity index (χ3n) is 4.86. The van der Waals surface area contributed by atoms with Crippen molar-refractivity contribution in [3.63, 3.8) is 0 Å². The Hall–Kier alpha value is -2.33. The number of benzene rings is 2. The van der Waals surface area contributed by atoms with Crippen molar-refractivity contribution in [2.45, 2.75) is 39.3 Å². The van der Waals surface area contributed by atoms with Crippen LogP contribution in [0.15, 0.2) is 42.5 Å². The molecule has 0 spiro atoms. The maximum absolute atomic E-state index is 11.3. The minimum atomic E-state index is -0.371. The Kier molecular flexibility index (Phi) is 5.94. The zero-order chi connectivity index (χ0) is 18.5. The van der Waals surface area contributed by atoms with Crippen LogP contribution in [0, 0.1) is 19.8 Å². The Bertz CT molecular complexity index is 730. The third kappa shape index (κ3) is 4.64. The second-order valence-electron chi connectivity index (χ2n) is 7.03. The lowest BCUT2D eigenvalue weighted by Crippen LogP contribution is -2.22. The van der Waals surface area contributed by atoms with Crippen LogP contribution < -0.4 is 10.1 Å². The number of hydrogen-bond donors (Lipinski definition) is 1. The van der Waals surface area contributed by atoms with Crippen LogP contribution in [-0.2, 0) is 16.1 Å². The summed E-state index contributed by atoms with van der Waals surface area (Å²) in [6.07, 6.45) is 2.59. The van der Waals surface area contributed by atoms with E-state index in [0.29, 0.717) is 6.04 Å². The van der Waals surface area contributed by atoms with E-state index in [1.807, 2.05) is 13.8 Å². The van der Waals surface area contributed by atoms with Gasteiger partial charge in [-0.1, -0.05) is 42.5 Å². The zero-order valence-electron chi connectivity index (χ0n) is 15.7. The summed E-state index contributed by atoms with van der Waals surface area (Å²) in [5.74, 6) is 1.13. The minimum absolute atomic E-state index is 0.0620. The molecule has 138 valence electrons. The second kappa shape index (κ2) is 8.37. The first kappa shape index (κ1) is 18.5. The molecule has 26 heavy (non-hydrogen) atoms. The Morgan fingerprint density at radius 3 is 2.38 bits per heavy atom. The average molecular weight is 353 g/mol. The van der Waals surface area contributed by atoms with Crippen LogP contribution in [0.25, 0.3) is 0 Å². The molecule has 4 nitrogen and oxygen atoms in total. The van der Waals surface area contributed by atoms with Gasteiger partial charge in [0.1, 0.15) is 5.75 Å². The monoisotopic (exact) mass is 353 g/mol. The SMILES string of the molecule is COC(=O)COc1c(C)cc(CNC(c2ccccc2)C2CC2)cc1C. The minimum Gasteiger partial charge on any atom is -0.481 e. The van der Waals surface area contributed by atoms with Crippen molar-refractivity contribution in [2.24, 2.45) is 5.92 Å². The largest absolute Gasteiger partial charge is 0.481 e. The topological polar surface area (TPSA) is 47.6 Å². The Balaban J connectivity index is 1.67. The lowest BCUT2D eigenvalue weighted by atomic mass is 10.0. The molecule has 0 aliphatic heterocycles. The lowest BCUT2D eigenvalue weighted by Gasteiger charge is -2.20. The van der Waals surface area contributed by atoms with Crippen LogP contribution in [0.4, 0.5) is 0 Å². The molecule has 1 atom stereocenters. The number of hydrogen-bond acceptors (Lipinski definition) is 4. The van der Waals surface area contributed by atoms with Crippen LogP contribution in [0.1, 0.15) is 41.1 Å². The molecule has 0 amide bonds. The predicted octanol–water partition coefficient (Wildman–Crippen LogP) is 4.10. The number of ether oxygens (including phenoxy) is 2. The number of nitrogens with one attached hydrogen (secondary N) is 1. The normalized spacial score (nSPS) is 14.7. The summed E-state index contributed by atoms with van der Waals surface area (Å²) in [4.78, 5) is 11.3. The van der Waals surface area contributed by atoms with E-state index in [1.54, 1.807) is 0 Å². The number of methoxy groups -OCH3 is 1. The summed E-state index contributed by atoms with van der Waals surface area (Å²) in [6, 6.07) is 15.3. The molecule has 0 bridgehead atoms. The molecule has 1 N–H and O–H groups in total. The van der Waals surface area contributed by atoms with Gasteiger partial charge in [-0.2, -0.15) is 0 Å². The molecule has 1 saturated carbocycles. The molecule has 0 saturated heterocycles. The van der Waals surface area contributed by atoms with Crippen LogP contribution in [0.3, 0.4) is 0 Å². The summed E-state index contributed by atoms with van der Waals surface area (Å²) in [5, 5.41) is 3.73. The summed E-state index contributed by atoms with van der Waals surface area (Å²) in [6.45, 7) is 4.78. The number of carbonyl (C=O) groups excluding carboxylic acids is 1. The van der Waals surface area contributed by atoms with E-state index in [4.69, 9.17) is 4.74 Å². The van der Waals surface area contributed by atoms with Crippen LogP contribution in [-0.4, -0.2) is 19.7 Å². The van der Waals surface area contributed by atoms with Crippen molar-refractivity contribution < 1.29 is 14.3 Å². The molecule has 1 unspecified atom stereocenters. The smallest absolute Gasteiger partial charge is 0.343 e. The molecule has 3 rings (SSSR count). The maximum atomic E-state index is 11.3. The van der Waals surface area contributed by atoms with E-state index in [0.717, 1.165) is 29.3 Å². The van der Waals surface area contributed by atoms with Crippen molar-refractivity contribution in [1.29, 1.82) is 0 Å². The maximum Gasteiger partial charge on any atom is 0.343 e. The zero-order valence-corrected chi connectivity index (χ0v) is 15.7. The first-order valence-electron chi connectivity index (χ1n) is 9.16. The van der Waals surface area contributed by atoms with E-state index >= 15 is 0 Å². The highest BCUT2D eigenvalue weighted by Gasteiger charge is 2.31. The van der Waals surface area contributed by atoms with Gasteiger partial charge in [-0.25, -0.2) is 4.79 Å². The van der Waals surface area contributed by atoms with Crippen LogP contribution in [0.2, 0.25) is 0 Å². The second-order valence-corrected chi connectivity index (χ2v) is 7.03. The highest BCUT2D eigenvalue weighted by Crippen LogP contribution is 2.41. The van der Waals surface area contributed by atoms with Crippen molar-refractivity contribution in [1.82, 2.24) is 5.32 Å². The van der Waals surface area contributed by atoms with Crippen molar-refractivity contribution in [3.8, 4) is 5.75 Å². The van der Waals surface area contributed by atoms with Gasteiger partial charge < -0.3 is 14.8 Å². The molecule has 4 heteroatoms. The van der Waals surface area contributed by atoms with Crippen molar-refractivity contribution in [3.05, 3.63) is 64.7 Å². The Labute approximate surface area is 155 Å². The van der Waals surface area contributed by atoms with Gasteiger partial charge in [0.25, 0.3) is 0 Å². The fourth-order valence-electron chi connectivity index (χ4n) is 3.43. The lowest BCUT2D eigenvalue weighted by molar-refractivity contribution is -0.142. The quantitative estimate of drug-likeness (QED) is 0.726. The highest BCUT2D eigenvalue weighted by atomic mass is 16.6. The van der Waals surface area contributed by atoms with Gasteiger partial charge in [0.05, 0.1) is 7.11 Å². The third-order valence-corrected chi connectivity index (χ3v) is 4.86. The predicted molar refractivity (Wildman–Crippen MR) is 102 cm³/mol. The first-order chi connectivity index (χ1) is 12.6. The summed E-state index contributed by atoms with van der Waals surface area (Å²) < 4.78 is 10.3. The summed E-state index contributed by atoms with van der Waals surface area (Å²) in [7, 11) is 1.36. The highest BCUT2D eigenvalue weighted by molar-refractivity contribution is 5.71. The van der Waals surface area contributed by atoms with E-state index < -0.39 is 0 Å². The van der Waals surface area contributed by atoms with Gasteiger partial charge in [0.2, 0.25) is 0 Å². The van der Waals surface area contributed by atoms with E-state index in [9.17, 15) is 4.79 Å². The fraction of sp³-hybridized carbons (Fsp3) is 0.409.